The van der Waals surface area contributed by atoms with Gasteiger partial charge in [-0.25, -0.2) is 4.39 Å². The summed E-state index contributed by atoms with van der Waals surface area (Å²) < 4.78 is 11.9. The van der Waals surface area contributed by atoms with E-state index in [1.807, 2.05) is 6.92 Å². The number of aliphatic imine (C=N–C) groups is 1. The van der Waals surface area contributed by atoms with Crippen molar-refractivity contribution in [3.63, 3.8) is 0 Å². The SMILES string of the molecule is CC/C=N\CC(C)F. The molecular weight excluding hydrogens is 105 g/mol. The van der Waals surface area contributed by atoms with E-state index in [-0.39, 0.29) is 0 Å². The van der Waals surface area contributed by atoms with Gasteiger partial charge in [0.25, 0.3) is 0 Å². The Hall–Kier alpha value is -0.400. The van der Waals surface area contributed by atoms with Crippen molar-refractivity contribution < 1.29 is 4.39 Å². The fraction of sp³-hybridized carbons (Fsp3) is 0.833. The predicted molar refractivity (Wildman–Crippen MR) is 34.2 cm³/mol. The predicted octanol–water partition coefficient (Wildman–Crippen LogP) is 1.83. The molecule has 0 radical (unpaired) electrons. The van der Waals surface area contributed by atoms with Crippen molar-refractivity contribution in [3.8, 4) is 0 Å². The van der Waals surface area contributed by atoms with Crippen molar-refractivity contribution in [1.82, 2.24) is 0 Å². The van der Waals surface area contributed by atoms with Crippen LogP contribution < -0.4 is 0 Å². The Labute approximate surface area is 49.6 Å². The summed E-state index contributed by atoms with van der Waals surface area (Å²) >= 11 is 0. The van der Waals surface area contributed by atoms with Gasteiger partial charge in [0.2, 0.25) is 0 Å². The highest BCUT2D eigenvalue weighted by molar-refractivity contribution is 5.56. The van der Waals surface area contributed by atoms with Gasteiger partial charge >= 0.3 is 0 Å². The van der Waals surface area contributed by atoms with Crippen molar-refractivity contribution in [2.45, 2.75) is 26.4 Å². The van der Waals surface area contributed by atoms with Crippen LogP contribution in [0.3, 0.4) is 0 Å². The maximum absolute atomic E-state index is 11.9. The Bertz CT molecular complexity index is 68.9. The molecule has 0 aromatic carbocycles. The molecule has 0 aliphatic carbocycles. The van der Waals surface area contributed by atoms with Gasteiger partial charge in [-0.2, -0.15) is 0 Å². The van der Waals surface area contributed by atoms with Crippen molar-refractivity contribution in [2.24, 2.45) is 4.99 Å². The van der Waals surface area contributed by atoms with E-state index in [0.29, 0.717) is 6.54 Å². The smallest absolute Gasteiger partial charge is 0.117 e. The minimum absolute atomic E-state index is 0.313. The first-order valence-electron chi connectivity index (χ1n) is 2.89. The lowest BCUT2D eigenvalue weighted by atomic mass is 10.4. The Morgan fingerprint density at radius 2 is 2.38 bits per heavy atom. The molecule has 0 bridgehead atoms. The van der Waals surface area contributed by atoms with E-state index in [1.54, 1.807) is 6.21 Å². The Morgan fingerprint density at radius 1 is 1.75 bits per heavy atom. The molecule has 1 nitrogen and oxygen atoms in total. The third-order valence-corrected chi connectivity index (χ3v) is 0.669. The summed E-state index contributed by atoms with van der Waals surface area (Å²) in [5, 5.41) is 0. The number of rotatable bonds is 3. The molecule has 2 heteroatoms. The van der Waals surface area contributed by atoms with Gasteiger partial charge in [0, 0.05) is 0 Å². The second-order valence-corrected chi connectivity index (χ2v) is 1.74. The molecule has 0 saturated carbocycles. The summed E-state index contributed by atoms with van der Waals surface area (Å²) in [5.41, 5.74) is 0. The first kappa shape index (κ1) is 7.60. The molecule has 0 heterocycles. The van der Waals surface area contributed by atoms with Crippen molar-refractivity contribution in [1.29, 1.82) is 0 Å². The third kappa shape index (κ3) is 5.60. The van der Waals surface area contributed by atoms with Crippen molar-refractivity contribution in [3.05, 3.63) is 0 Å². The van der Waals surface area contributed by atoms with E-state index in [2.05, 4.69) is 4.99 Å². The van der Waals surface area contributed by atoms with Gasteiger partial charge in [-0.3, -0.25) is 4.99 Å². The van der Waals surface area contributed by atoms with Crippen LogP contribution in [0.5, 0.6) is 0 Å². The van der Waals surface area contributed by atoms with Crippen LogP contribution in [0.25, 0.3) is 0 Å². The lowest BCUT2D eigenvalue weighted by Crippen LogP contribution is -1.96. The highest BCUT2D eigenvalue weighted by atomic mass is 19.1. The lowest BCUT2D eigenvalue weighted by molar-refractivity contribution is 0.371. The number of hydrogen-bond acceptors (Lipinski definition) is 1. The largest absolute Gasteiger partial charge is 0.295 e. The molecule has 0 amide bonds. The average molecular weight is 117 g/mol. The van der Waals surface area contributed by atoms with Crippen LogP contribution >= 0.6 is 0 Å². The minimum atomic E-state index is -0.794. The normalized spacial score (nSPS) is 14.9. The molecular formula is C6H12FN. The van der Waals surface area contributed by atoms with Gasteiger partial charge in [-0.15, -0.1) is 0 Å². The molecule has 0 aromatic rings. The molecule has 0 aliphatic rings. The maximum Gasteiger partial charge on any atom is 0.117 e. The highest BCUT2D eigenvalue weighted by Crippen LogP contribution is 1.86. The second-order valence-electron chi connectivity index (χ2n) is 1.74. The quantitative estimate of drug-likeness (QED) is 0.500. The van der Waals surface area contributed by atoms with Crippen LogP contribution in [0.15, 0.2) is 4.99 Å². The fourth-order valence-electron chi connectivity index (χ4n) is 0.349. The molecule has 1 unspecified atom stereocenters. The van der Waals surface area contributed by atoms with Crippen LogP contribution in [0, 0.1) is 0 Å². The van der Waals surface area contributed by atoms with Crippen LogP contribution in [-0.2, 0) is 0 Å². The zero-order chi connectivity index (χ0) is 6.41. The van der Waals surface area contributed by atoms with Crippen LogP contribution in [0.1, 0.15) is 20.3 Å². The van der Waals surface area contributed by atoms with Gasteiger partial charge in [0.05, 0.1) is 6.54 Å². The van der Waals surface area contributed by atoms with Gasteiger partial charge in [-0.05, 0) is 19.6 Å². The molecule has 0 fully saturated rings. The molecule has 1 atom stereocenters. The first-order chi connectivity index (χ1) is 3.77. The summed E-state index contributed by atoms with van der Waals surface area (Å²) in [5.74, 6) is 0. The summed E-state index contributed by atoms with van der Waals surface area (Å²) in [6.45, 7) is 3.80. The van der Waals surface area contributed by atoms with Gasteiger partial charge < -0.3 is 0 Å². The average Bonchev–Trinajstić information content (AvgIpc) is 1.66. The van der Waals surface area contributed by atoms with Crippen molar-refractivity contribution >= 4 is 6.21 Å². The minimum Gasteiger partial charge on any atom is -0.295 e. The first-order valence-corrected chi connectivity index (χ1v) is 2.89. The summed E-state index contributed by atoms with van der Waals surface area (Å²) in [6.07, 6.45) is 1.83. The van der Waals surface area contributed by atoms with Crippen molar-refractivity contribution in [2.75, 3.05) is 6.54 Å². The summed E-state index contributed by atoms with van der Waals surface area (Å²) in [7, 11) is 0. The van der Waals surface area contributed by atoms with E-state index < -0.39 is 6.17 Å². The van der Waals surface area contributed by atoms with E-state index in [4.69, 9.17) is 0 Å². The number of nitrogens with zero attached hydrogens (tertiary/aromatic N) is 1. The standard InChI is InChI=1S/C6H12FN/c1-3-4-8-5-6(2)7/h4,6H,3,5H2,1-2H3/b8-4-. The van der Waals surface area contributed by atoms with Crippen LogP contribution in [-0.4, -0.2) is 18.9 Å². The number of halogens is 1. The molecule has 8 heavy (non-hydrogen) atoms. The zero-order valence-electron chi connectivity index (χ0n) is 5.39. The monoisotopic (exact) mass is 117 g/mol. The van der Waals surface area contributed by atoms with Gasteiger partial charge in [0.1, 0.15) is 6.17 Å². The van der Waals surface area contributed by atoms with E-state index in [9.17, 15) is 4.39 Å². The van der Waals surface area contributed by atoms with Crippen LogP contribution in [0.4, 0.5) is 4.39 Å². The highest BCUT2D eigenvalue weighted by Gasteiger charge is 1.90. The van der Waals surface area contributed by atoms with Gasteiger partial charge in [-0.1, -0.05) is 6.92 Å². The maximum atomic E-state index is 11.9. The second kappa shape index (κ2) is 4.75. The lowest BCUT2D eigenvalue weighted by Gasteiger charge is -1.90. The Balaban J connectivity index is 3.03. The fourth-order valence-corrected chi connectivity index (χ4v) is 0.349. The summed E-state index contributed by atoms with van der Waals surface area (Å²) in [6, 6.07) is 0. The molecule has 48 valence electrons. The van der Waals surface area contributed by atoms with Crippen LogP contribution in [0.2, 0.25) is 0 Å². The Morgan fingerprint density at radius 3 is 2.75 bits per heavy atom. The van der Waals surface area contributed by atoms with E-state index in [0.717, 1.165) is 6.42 Å². The number of alkyl halides is 1. The third-order valence-electron chi connectivity index (χ3n) is 0.669. The summed E-state index contributed by atoms with van der Waals surface area (Å²) in [4.78, 5) is 3.79. The van der Waals surface area contributed by atoms with Gasteiger partial charge in [0.15, 0.2) is 0 Å². The number of hydrogen-bond donors (Lipinski definition) is 0. The molecule has 0 spiro atoms. The Kier molecular flexibility index (Phi) is 4.51. The molecule has 0 N–H and O–H groups in total. The molecule has 0 saturated heterocycles. The topological polar surface area (TPSA) is 12.4 Å². The molecule has 0 rings (SSSR count). The van der Waals surface area contributed by atoms with E-state index in [1.165, 1.54) is 6.92 Å². The molecule has 0 aliphatic heterocycles. The zero-order valence-corrected chi connectivity index (χ0v) is 5.39. The van der Waals surface area contributed by atoms with E-state index >= 15 is 0 Å². The molecule has 0 aromatic heterocycles.